The van der Waals surface area contributed by atoms with Gasteiger partial charge in [0.15, 0.2) is 0 Å². The molecule has 0 bridgehead atoms. The van der Waals surface area contributed by atoms with Gasteiger partial charge >= 0.3 is 5.97 Å². The van der Waals surface area contributed by atoms with Crippen molar-refractivity contribution in [1.82, 2.24) is 4.98 Å². The van der Waals surface area contributed by atoms with Gasteiger partial charge in [-0.05, 0) is 35.6 Å². The minimum Gasteiger partial charge on any atom is -0.465 e. The van der Waals surface area contributed by atoms with Crippen LogP contribution in [0.3, 0.4) is 0 Å². The van der Waals surface area contributed by atoms with Gasteiger partial charge in [-0.15, -0.1) is 0 Å². The molecule has 1 heterocycles. The van der Waals surface area contributed by atoms with Crippen LogP contribution in [0, 0.1) is 10.5 Å². The summed E-state index contributed by atoms with van der Waals surface area (Å²) in [6, 6.07) is 1.65. The minimum atomic E-state index is -0.315. The smallest absolute Gasteiger partial charge is 0.339 e. The van der Waals surface area contributed by atoms with Crippen molar-refractivity contribution >= 4 is 28.6 Å². The monoisotopic (exact) mass is 277 g/mol. The molecule has 1 rings (SSSR count). The molecule has 0 unspecified atom stereocenters. The number of carbonyl (C=O) groups excluding carboxylic acids is 1. The van der Waals surface area contributed by atoms with E-state index in [9.17, 15) is 4.79 Å². The van der Waals surface area contributed by atoms with E-state index in [1.165, 1.54) is 7.11 Å². The SMILES string of the molecule is COC(=O)c1ccnc(C)c1I. The number of esters is 1. The number of rotatable bonds is 1. The number of aromatic nitrogens is 1. The second-order valence-corrected chi connectivity index (χ2v) is 3.33. The van der Waals surface area contributed by atoms with E-state index in [2.05, 4.69) is 32.3 Å². The average molecular weight is 277 g/mol. The number of carbonyl (C=O) groups is 1. The van der Waals surface area contributed by atoms with E-state index >= 15 is 0 Å². The molecule has 64 valence electrons. The van der Waals surface area contributed by atoms with Crippen molar-refractivity contribution in [1.29, 1.82) is 0 Å². The van der Waals surface area contributed by atoms with E-state index in [1.807, 2.05) is 6.92 Å². The van der Waals surface area contributed by atoms with Crippen LogP contribution < -0.4 is 0 Å². The van der Waals surface area contributed by atoms with E-state index < -0.39 is 0 Å². The number of hydrogen-bond donors (Lipinski definition) is 0. The Labute approximate surface area is 84.3 Å². The predicted octanol–water partition coefficient (Wildman–Crippen LogP) is 1.78. The highest BCUT2D eigenvalue weighted by molar-refractivity contribution is 14.1. The molecule has 0 aliphatic carbocycles. The highest BCUT2D eigenvalue weighted by Gasteiger charge is 2.11. The van der Waals surface area contributed by atoms with Gasteiger partial charge in [-0.2, -0.15) is 0 Å². The highest BCUT2D eigenvalue weighted by Crippen LogP contribution is 2.14. The van der Waals surface area contributed by atoms with Crippen molar-refractivity contribution in [3.63, 3.8) is 0 Å². The predicted molar refractivity (Wildman–Crippen MR) is 53.0 cm³/mol. The molecule has 12 heavy (non-hydrogen) atoms. The van der Waals surface area contributed by atoms with Crippen molar-refractivity contribution in [2.45, 2.75) is 6.92 Å². The third-order valence-electron chi connectivity index (χ3n) is 1.47. The lowest BCUT2D eigenvalue weighted by Crippen LogP contribution is -2.05. The minimum absolute atomic E-state index is 0.315. The average Bonchev–Trinajstić information content (AvgIpc) is 2.08. The van der Waals surface area contributed by atoms with Crippen LogP contribution >= 0.6 is 22.6 Å². The Morgan fingerprint density at radius 2 is 2.33 bits per heavy atom. The third kappa shape index (κ3) is 1.74. The number of halogens is 1. The summed E-state index contributed by atoms with van der Waals surface area (Å²) in [5, 5.41) is 0. The molecular formula is C8H8INO2. The van der Waals surface area contributed by atoms with Crippen molar-refractivity contribution in [2.75, 3.05) is 7.11 Å². The Kier molecular flexibility index (Phi) is 3.02. The molecule has 0 N–H and O–H groups in total. The summed E-state index contributed by atoms with van der Waals surface area (Å²) in [6.45, 7) is 1.86. The van der Waals surface area contributed by atoms with Crippen LogP contribution in [0.2, 0.25) is 0 Å². The molecule has 3 nitrogen and oxygen atoms in total. The lowest BCUT2D eigenvalue weighted by atomic mass is 10.2. The topological polar surface area (TPSA) is 39.2 Å². The van der Waals surface area contributed by atoms with Crippen molar-refractivity contribution in [2.24, 2.45) is 0 Å². The van der Waals surface area contributed by atoms with E-state index in [0.29, 0.717) is 5.56 Å². The summed E-state index contributed by atoms with van der Waals surface area (Å²) in [6.07, 6.45) is 1.60. The first-order chi connectivity index (χ1) is 5.66. The molecule has 0 amide bonds. The molecule has 0 atom stereocenters. The molecular weight excluding hydrogens is 269 g/mol. The van der Waals surface area contributed by atoms with E-state index in [4.69, 9.17) is 0 Å². The first-order valence-electron chi connectivity index (χ1n) is 3.36. The van der Waals surface area contributed by atoms with Gasteiger partial charge in [-0.25, -0.2) is 4.79 Å². The Morgan fingerprint density at radius 1 is 1.67 bits per heavy atom. The number of nitrogens with zero attached hydrogens (tertiary/aromatic N) is 1. The lowest BCUT2D eigenvalue weighted by Gasteiger charge is -2.02. The molecule has 0 spiro atoms. The van der Waals surface area contributed by atoms with E-state index in [1.54, 1.807) is 12.3 Å². The van der Waals surface area contributed by atoms with E-state index in [0.717, 1.165) is 9.26 Å². The first kappa shape index (κ1) is 9.44. The summed E-state index contributed by atoms with van der Waals surface area (Å²) in [4.78, 5) is 15.2. The molecule has 4 heteroatoms. The van der Waals surface area contributed by atoms with Gasteiger partial charge in [-0.1, -0.05) is 0 Å². The van der Waals surface area contributed by atoms with Gasteiger partial charge < -0.3 is 4.74 Å². The molecule has 1 aromatic rings. The molecule has 0 saturated carbocycles. The Hall–Kier alpha value is -0.650. The molecule has 0 aliphatic rings. The van der Waals surface area contributed by atoms with Crippen LogP contribution in [-0.4, -0.2) is 18.1 Å². The van der Waals surface area contributed by atoms with Crippen LogP contribution in [0.5, 0.6) is 0 Å². The zero-order valence-electron chi connectivity index (χ0n) is 6.80. The van der Waals surface area contributed by atoms with Crippen molar-refractivity contribution < 1.29 is 9.53 Å². The van der Waals surface area contributed by atoms with Crippen molar-refractivity contribution in [3.8, 4) is 0 Å². The lowest BCUT2D eigenvalue weighted by molar-refractivity contribution is 0.0599. The summed E-state index contributed by atoms with van der Waals surface area (Å²) in [5.41, 5.74) is 1.42. The third-order valence-corrected chi connectivity index (χ3v) is 2.83. The molecule has 0 fully saturated rings. The highest BCUT2D eigenvalue weighted by atomic mass is 127. The Bertz CT molecular complexity index is 312. The van der Waals surface area contributed by atoms with Crippen LogP contribution in [0.15, 0.2) is 12.3 Å². The quantitative estimate of drug-likeness (QED) is 0.580. The number of hydrogen-bond acceptors (Lipinski definition) is 3. The largest absolute Gasteiger partial charge is 0.465 e. The van der Waals surface area contributed by atoms with E-state index in [-0.39, 0.29) is 5.97 Å². The second-order valence-electron chi connectivity index (χ2n) is 2.25. The van der Waals surface area contributed by atoms with Crippen LogP contribution in [0.25, 0.3) is 0 Å². The Morgan fingerprint density at radius 3 is 2.92 bits per heavy atom. The number of aryl methyl sites for hydroxylation is 1. The van der Waals surface area contributed by atoms with Gasteiger partial charge in [0.1, 0.15) is 0 Å². The number of ether oxygens (including phenoxy) is 1. The number of methoxy groups -OCH3 is 1. The molecule has 0 aliphatic heterocycles. The molecule has 0 aromatic carbocycles. The van der Waals surface area contributed by atoms with Gasteiger partial charge in [-0.3, -0.25) is 4.98 Å². The summed E-state index contributed by atoms with van der Waals surface area (Å²) < 4.78 is 5.45. The molecule has 0 radical (unpaired) electrons. The molecule has 0 saturated heterocycles. The molecule has 1 aromatic heterocycles. The van der Waals surface area contributed by atoms with Gasteiger partial charge in [0, 0.05) is 9.77 Å². The summed E-state index contributed by atoms with van der Waals surface area (Å²) >= 11 is 2.08. The number of pyridine rings is 1. The zero-order chi connectivity index (χ0) is 9.14. The standard InChI is InChI=1S/C8H8INO2/c1-5-7(9)6(3-4-10-5)8(11)12-2/h3-4H,1-2H3. The summed E-state index contributed by atoms with van der Waals surface area (Å²) in [7, 11) is 1.37. The maximum Gasteiger partial charge on any atom is 0.339 e. The fourth-order valence-electron chi connectivity index (χ4n) is 0.816. The van der Waals surface area contributed by atoms with Gasteiger partial charge in [0.25, 0.3) is 0 Å². The zero-order valence-corrected chi connectivity index (χ0v) is 8.95. The normalized spacial score (nSPS) is 9.58. The summed E-state index contributed by atoms with van der Waals surface area (Å²) in [5.74, 6) is -0.315. The first-order valence-corrected chi connectivity index (χ1v) is 4.44. The van der Waals surface area contributed by atoms with Gasteiger partial charge in [0.05, 0.1) is 18.4 Å². The maximum atomic E-state index is 11.1. The van der Waals surface area contributed by atoms with Crippen LogP contribution in [-0.2, 0) is 4.74 Å². The van der Waals surface area contributed by atoms with Gasteiger partial charge in [0.2, 0.25) is 0 Å². The van der Waals surface area contributed by atoms with Crippen LogP contribution in [0.1, 0.15) is 16.1 Å². The van der Waals surface area contributed by atoms with Crippen LogP contribution in [0.4, 0.5) is 0 Å². The Balaban J connectivity index is 3.16. The maximum absolute atomic E-state index is 11.1. The second kappa shape index (κ2) is 3.84. The fourth-order valence-corrected chi connectivity index (χ4v) is 1.36. The van der Waals surface area contributed by atoms with Crippen molar-refractivity contribution in [3.05, 3.63) is 27.1 Å². The fraction of sp³-hybridized carbons (Fsp3) is 0.250.